The Morgan fingerprint density at radius 2 is 2.25 bits per heavy atom. The molecule has 2 heterocycles. The largest absolute Gasteiger partial charge is 0.481 e. The lowest BCUT2D eigenvalue weighted by Crippen LogP contribution is -2.30. The van der Waals surface area contributed by atoms with E-state index in [0.717, 1.165) is 22.2 Å². The lowest BCUT2D eigenvalue weighted by Gasteiger charge is -2.21. The fourth-order valence-electron chi connectivity index (χ4n) is 2.66. The Morgan fingerprint density at radius 1 is 1.50 bits per heavy atom. The molecule has 2 aromatic heterocycles. The van der Waals surface area contributed by atoms with E-state index in [1.165, 1.54) is 11.3 Å². The summed E-state index contributed by atoms with van der Waals surface area (Å²) in [7, 11) is 0. The number of nitrogens with zero attached hydrogens (tertiary/aromatic N) is 2. The predicted molar refractivity (Wildman–Crippen MR) is 77.6 cm³/mol. The van der Waals surface area contributed by atoms with Crippen molar-refractivity contribution in [2.75, 3.05) is 0 Å². The number of carboxylic acid groups (broad SMARTS) is 1. The molecule has 1 N–H and O–H groups in total. The standard InChI is InChI=1S/C13H13BrN2O3S/c14-8-5-9(20-7-8)11-15-10(19-16-11)6-13(12(17)18)3-1-2-4-13/h5,7H,1-4,6H2,(H,17,18). The first-order chi connectivity index (χ1) is 9.59. The second-order valence-electron chi connectivity index (χ2n) is 5.11. The van der Waals surface area contributed by atoms with Crippen molar-refractivity contribution in [1.82, 2.24) is 10.1 Å². The Balaban J connectivity index is 1.82. The first-order valence-electron chi connectivity index (χ1n) is 6.39. The highest BCUT2D eigenvalue weighted by Gasteiger charge is 2.42. The van der Waals surface area contributed by atoms with Gasteiger partial charge < -0.3 is 9.63 Å². The Bertz CT molecular complexity index is 631. The molecule has 0 aliphatic heterocycles. The van der Waals surface area contributed by atoms with Gasteiger partial charge in [-0.15, -0.1) is 11.3 Å². The molecule has 3 rings (SSSR count). The van der Waals surface area contributed by atoms with Gasteiger partial charge >= 0.3 is 5.97 Å². The van der Waals surface area contributed by atoms with E-state index >= 15 is 0 Å². The highest BCUT2D eigenvalue weighted by molar-refractivity contribution is 9.10. The first-order valence-corrected chi connectivity index (χ1v) is 8.07. The summed E-state index contributed by atoms with van der Waals surface area (Å²) in [5.74, 6) is 0.177. The van der Waals surface area contributed by atoms with E-state index in [-0.39, 0.29) is 0 Å². The van der Waals surface area contributed by atoms with Crippen molar-refractivity contribution in [2.24, 2.45) is 5.41 Å². The van der Waals surface area contributed by atoms with Crippen LogP contribution in [0.3, 0.4) is 0 Å². The predicted octanol–water partition coefficient (Wildman–Crippen LogP) is 3.75. The third-order valence-electron chi connectivity index (χ3n) is 3.76. The summed E-state index contributed by atoms with van der Waals surface area (Å²) in [5, 5.41) is 15.3. The summed E-state index contributed by atoms with van der Waals surface area (Å²) >= 11 is 4.90. The molecule has 1 aliphatic carbocycles. The molecule has 7 heteroatoms. The summed E-state index contributed by atoms with van der Waals surface area (Å²) in [6.07, 6.45) is 3.59. The molecule has 5 nitrogen and oxygen atoms in total. The van der Waals surface area contributed by atoms with Gasteiger partial charge in [0.2, 0.25) is 11.7 Å². The minimum absolute atomic E-state index is 0.321. The van der Waals surface area contributed by atoms with Crippen molar-refractivity contribution < 1.29 is 14.4 Å². The maximum atomic E-state index is 11.5. The molecular formula is C13H13BrN2O3S. The molecule has 20 heavy (non-hydrogen) atoms. The zero-order valence-electron chi connectivity index (χ0n) is 10.6. The number of carbonyl (C=O) groups is 1. The van der Waals surface area contributed by atoms with Crippen LogP contribution in [0.25, 0.3) is 10.7 Å². The number of hydrogen-bond donors (Lipinski definition) is 1. The van der Waals surface area contributed by atoms with Gasteiger partial charge in [-0.25, -0.2) is 0 Å². The number of aliphatic carboxylic acids is 1. The van der Waals surface area contributed by atoms with Crippen LogP contribution in [-0.2, 0) is 11.2 Å². The lowest BCUT2D eigenvalue weighted by molar-refractivity contribution is -0.148. The summed E-state index contributed by atoms with van der Waals surface area (Å²) < 4.78 is 6.21. The quantitative estimate of drug-likeness (QED) is 0.902. The van der Waals surface area contributed by atoms with Gasteiger partial charge in [0.15, 0.2) is 0 Å². The van der Waals surface area contributed by atoms with E-state index in [0.29, 0.717) is 31.0 Å². The van der Waals surface area contributed by atoms with Gasteiger partial charge in [-0.1, -0.05) is 18.0 Å². The van der Waals surface area contributed by atoms with Crippen LogP contribution in [0.4, 0.5) is 0 Å². The monoisotopic (exact) mass is 356 g/mol. The summed E-state index contributed by atoms with van der Waals surface area (Å²) in [6, 6.07) is 1.92. The molecule has 106 valence electrons. The Hall–Kier alpha value is -1.21. The van der Waals surface area contributed by atoms with E-state index < -0.39 is 11.4 Å². The molecule has 0 saturated heterocycles. The average molecular weight is 357 g/mol. The number of halogens is 1. The molecule has 1 saturated carbocycles. The van der Waals surface area contributed by atoms with Crippen LogP contribution in [0.5, 0.6) is 0 Å². The van der Waals surface area contributed by atoms with Gasteiger partial charge in [-0.05, 0) is 34.8 Å². The van der Waals surface area contributed by atoms with Crippen LogP contribution in [0.2, 0.25) is 0 Å². The number of carboxylic acids is 1. The molecule has 1 fully saturated rings. The molecule has 0 atom stereocenters. The second-order valence-corrected chi connectivity index (χ2v) is 6.94. The van der Waals surface area contributed by atoms with Crippen molar-refractivity contribution in [2.45, 2.75) is 32.1 Å². The Labute approximate surface area is 128 Å². The van der Waals surface area contributed by atoms with Gasteiger partial charge in [0, 0.05) is 16.3 Å². The van der Waals surface area contributed by atoms with Crippen LogP contribution >= 0.6 is 27.3 Å². The lowest BCUT2D eigenvalue weighted by atomic mass is 9.83. The Morgan fingerprint density at radius 3 is 2.85 bits per heavy atom. The van der Waals surface area contributed by atoms with Gasteiger partial charge in [0.05, 0.1) is 10.3 Å². The molecule has 0 unspecified atom stereocenters. The van der Waals surface area contributed by atoms with Gasteiger partial charge in [0.25, 0.3) is 0 Å². The summed E-state index contributed by atoms with van der Waals surface area (Å²) in [6.45, 7) is 0. The van der Waals surface area contributed by atoms with E-state index in [2.05, 4.69) is 26.1 Å². The fraction of sp³-hybridized carbons (Fsp3) is 0.462. The minimum Gasteiger partial charge on any atom is -0.481 e. The van der Waals surface area contributed by atoms with Crippen LogP contribution < -0.4 is 0 Å². The number of rotatable bonds is 4. The molecule has 0 spiro atoms. The van der Waals surface area contributed by atoms with Crippen molar-refractivity contribution in [3.63, 3.8) is 0 Å². The normalized spacial score (nSPS) is 17.4. The summed E-state index contributed by atoms with van der Waals surface area (Å²) in [5.41, 5.74) is -0.722. The topological polar surface area (TPSA) is 76.2 Å². The van der Waals surface area contributed by atoms with Crippen LogP contribution in [0.1, 0.15) is 31.6 Å². The highest BCUT2D eigenvalue weighted by Crippen LogP contribution is 2.41. The van der Waals surface area contributed by atoms with Crippen molar-refractivity contribution in [3.8, 4) is 10.7 Å². The average Bonchev–Trinajstić information content (AvgIpc) is 3.10. The molecule has 0 bridgehead atoms. The zero-order valence-corrected chi connectivity index (χ0v) is 13.0. The molecule has 1 aliphatic rings. The smallest absolute Gasteiger partial charge is 0.310 e. The molecule has 0 radical (unpaired) electrons. The molecular weight excluding hydrogens is 344 g/mol. The number of hydrogen-bond acceptors (Lipinski definition) is 5. The molecule has 2 aromatic rings. The Kier molecular flexibility index (Phi) is 3.64. The van der Waals surface area contributed by atoms with Gasteiger partial charge in [-0.2, -0.15) is 4.98 Å². The van der Waals surface area contributed by atoms with E-state index in [4.69, 9.17) is 4.52 Å². The van der Waals surface area contributed by atoms with Crippen LogP contribution in [0.15, 0.2) is 20.4 Å². The van der Waals surface area contributed by atoms with Gasteiger partial charge in [0.1, 0.15) is 0 Å². The van der Waals surface area contributed by atoms with E-state index in [1.807, 2.05) is 11.4 Å². The minimum atomic E-state index is -0.756. The fourth-order valence-corrected chi connectivity index (χ4v) is 4.02. The third kappa shape index (κ3) is 2.52. The van der Waals surface area contributed by atoms with Gasteiger partial charge in [-0.3, -0.25) is 4.79 Å². The highest BCUT2D eigenvalue weighted by atomic mass is 79.9. The third-order valence-corrected chi connectivity index (χ3v) is 5.45. The zero-order chi connectivity index (χ0) is 14.2. The molecule has 0 amide bonds. The van der Waals surface area contributed by atoms with E-state index in [1.54, 1.807) is 0 Å². The van der Waals surface area contributed by atoms with Crippen LogP contribution in [-0.4, -0.2) is 21.2 Å². The number of aromatic nitrogens is 2. The van der Waals surface area contributed by atoms with Crippen molar-refractivity contribution >= 4 is 33.2 Å². The van der Waals surface area contributed by atoms with E-state index in [9.17, 15) is 9.90 Å². The summed E-state index contributed by atoms with van der Waals surface area (Å²) in [4.78, 5) is 16.8. The maximum Gasteiger partial charge on any atom is 0.310 e. The van der Waals surface area contributed by atoms with Crippen molar-refractivity contribution in [1.29, 1.82) is 0 Å². The van der Waals surface area contributed by atoms with Crippen LogP contribution in [0, 0.1) is 5.41 Å². The maximum absolute atomic E-state index is 11.5. The SMILES string of the molecule is O=C(O)C1(Cc2nc(-c3cc(Br)cs3)no2)CCCC1. The molecule has 0 aromatic carbocycles. The second kappa shape index (κ2) is 5.29. The van der Waals surface area contributed by atoms with Crippen molar-refractivity contribution in [3.05, 3.63) is 21.8 Å². The first kappa shape index (κ1) is 13.8. The number of thiophene rings is 1.